The first kappa shape index (κ1) is 16.3. The first-order valence-corrected chi connectivity index (χ1v) is 8.71. The maximum absolute atomic E-state index is 12.0. The second kappa shape index (κ2) is 7.17. The number of aliphatic carboxylic acids is 1. The first-order valence-electron chi connectivity index (χ1n) is 5.63. The molecule has 0 aromatic heterocycles. The highest BCUT2D eigenvalue weighted by Crippen LogP contribution is 2.19. The fourth-order valence-electron chi connectivity index (χ4n) is 1.42. The van der Waals surface area contributed by atoms with Gasteiger partial charge in [-0.15, -0.1) is 0 Å². The number of carboxylic acid groups (broad SMARTS) is 1. The van der Waals surface area contributed by atoms with Crippen LogP contribution in [0.3, 0.4) is 0 Å². The summed E-state index contributed by atoms with van der Waals surface area (Å²) in [7, 11) is -3.33. The van der Waals surface area contributed by atoms with E-state index in [1.165, 1.54) is 36.0 Å². The van der Waals surface area contributed by atoms with Gasteiger partial charge < -0.3 is 5.11 Å². The predicted molar refractivity (Wildman–Crippen MR) is 77.7 cm³/mol. The lowest BCUT2D eigenvalue weighted by Crippen LogP contribution is -2.12. The quantitative estimate of drug-likeness (QED) is 0.835. The molecule has 7 heteroatoms. The summed E-state index contributed by atoms with van der Waals surface area (Å²) in [5.41, 5.74) is 0. The Hall–Kier alpha value is -0.720. The van der Waals surface area contributed by atoms with Crippen LogP contribution in [0.15, 0.2) is 29.2 Å². The van der Waals surface area contributed by atoms with Gasteiger partial charge in [-0.25, -0.2) is 8.42 Å². The Morgan fingerprint density at radius 1 is 1.37 bits per heavy atom. The molecule has 106 valence electrons. The zero-order valence-electron chi connectivity index (χ0n) is 10.4. The monoisotopic (exact) mass is 322 g/mol. The number of sulfone groups is 1. The number of carbonyl (C=O) groups is 1. The predicted octanol–water partition coefficient (Wildman–Crippen LogP) is 2.71. The topological polar surface area (TPSA) is 71.4 Å². The molecular formula is C12H15ClO4S2. The molecule has 4 nitrogen and oxygen atoms in total. The Morgan fingerprint density at radius 2 is 1.95 bits per heavy atom. The van der Waals surface area contributed by atoms with Gasteiger partial charge in [-0.2, -0.15) is 11.8 Å². The molecule has 1 rings (SSSR count). The summed E-state index contributed by atoms with van der Waals surface area (Å²) in [6.07, 6.45) is 0.0334. The maximum Gasteiger partial charge on any atom is 0.304 e. The van der Waals surface area contributed by atoms with Crippen molar-refractivity contribution in [2.24, 2.45) is 0 Å². The molecule has 0 heterocycles. The van der Waals surface area contributed by atoms with Gasteiger partial charge in [0.15, 0.2) is 9.84 Å². The highest BCUT2D eigenvalue weighted by Gasteiger charge is 2.15. The number of rotatable bonds is 7. The Bertz CT molecular complexity index is 525. The van der Waals surface area contributed by atoms with Gasteiger partial charge in [0.1, 0.15) is 0 Å². The van der Waals surface area contributed by atoms with E-state index in [1.807, 2.05) is 0 Å². The van der Waals surface area contributed by atoms with E-state index in [2.05, 4.69) is 0 Å². The average Bonchev–Trinajstić information content (AvgIpc) is 2.28. The zero-order valence-corrected chi connectivity index (χ0v) is 12.8. The zero-order chi connectivity index (χ0) is 14.5. The van der Waals surface area contributed by atoms with Crippen molar-refractivity contribution in [2.45, 2.75) is 23.5 Å². The van der Waals surface area contributed by atoms with Crippen LogP contribution in [0.4, 0.5) is 0 Å². The molecule has 0 radical (unpaired) electrons. The van der Waals surface area contributed by atoms with Crippen LogP contribution in [0.25, 0.3) is 0 Å². The molecule has 0 bridgehead atoms. The molecule has 0 aliphatic carbocycles. The van der Waals surface area contributed by atoms with E-state index in [1.54, 1.807) is 6.92 Å². The fourth-order valence-corrected chi connectivity index (χ4v) is 4.26. The summed E-state index contributed by atoms with van der Waals surface area (Å²) in [6.45, 7) is 1.77. The molecule has 1 N–H and O–H groups in total. The molecule has 19 heavy (non-hydrogen) atoms. The lowest BCUT2D eigenvalue weighted by Gasteiger charge is -2.09. The van der Waals surface area contributed by atoms with E-state index in [4.69, 9.17) is 16.7 Å². The Labute approximate surface area is 122 Å². The van der Waals surface area contributed by atoms with E-state index in [0.29, 0.717) is 10.8 Å². The summed E-state index contributed by atoms with van der Waals surface area (Å²) < 4.78 is 23.9. The number of thioether (sulfide) groups is 1. The van der Waals surface area contributed by atoms with Gasteiger partial charge in [-0.3, -0.25) is 4.79 Å². The van der Waals surface area contributed by atoms with Crippen LogP contribution in [0, 0.1) is 0 Å². The van der Waals surface area contributed by atoms with Crippen molar-refractivity contribution in [1.29, 1.82) is 0 Å². The first-order chi connectivity index (χ1) is 8.81. The van der Waals surface area contributed by atoms with Crippen LogP contribution in [0.5, 0.6) is 0 Å². The molecule has 1 atom stereocenters. The van der Waals surface area contributed by atoms with Crippen molar-refractivity contribution in [3.8, 4) is 0 Å². The van der Waals surface area contributed by atoms with Crippen molar-refractivity contribution in [3.63, 3.8) is 0 Å². The van der Waals surface area contributed by atoms with Crippen molar-refractivity contribution >= 4 is 39.2 Å². The normalized spacial score (nSPS) is 13.2. The van der Waals surface area contributed by atoms with Gasteiger partial charge in [0.25, 0.3) is 0 Å². The molecule has 0 amide bonds. The Balaban J connectivity index is 2.52. The Morgan fingerprint density at radius 3 is 2.47 bits per heavy atom. The van der Waals surface area contributed by atoms with Crippen LogP contribution in [-0.2, 0) is 14.6 Å². The van der Waals surface area contributed by atoms with Crippen molar-refractivity contribution in [3.05, 3.63) is 29.3 Å². The van der Waals surface area contributed by atoms with E-state index in [-0.39, 0.29) is 22.3 Å². The van der Waals surface area contributed by atoms with Gasteiger partial charge >= 0.3 is 5.97 Å². The van der Waals surface area contributed by atoms with Gasteiger partial charge in [0, 0.05) is 16.0 Å². The minimum atomic E-state index is -3.33. The van der Waals surface area contributed by atoms with Gasteiger partial charge in [0.05, 0.1) is 17.1 Å². The third-order valence-electron chi connectivity index (χ3n) is 2.39. The lowest BCUT2D eigenvalue weighted by atomic mass is 10.3. The van der Waals surface area contributed by atoms with Gasteiger partial charge in [-0.05, 0) is 24.3 Å². The van der Waals surface area contributed by atoms with Crippen molar-refractivity contribution < 1.29 is 18.3 Å². The molecule has 1 aromatic carbocycles. The largest absolute Gasteiger partial charge is 0.481 e. The summed E-state index contributed by atoms with van der Waals surface area (Å²) in [5.74, 6) is -0.511. The van der Waals surface area contributed by atoms with E-state index < -0.39 is 15.8 Å². The molecule has 0 saturated heterocycles. The summed E-state index contributed by atoms with van der Waals surface area (Å²) >= 11 is 7.04. The smallest absolute Gasteiger partial charge is 0.304 e. The summed E-state index contributed by atoms with van der Waals surface area (Å²) in [4.78, 5) is 10.7. The Kier molecular flexibility index (Phi) is 6.16. The molecule has 0 fully saturated rings. The second-order valence-electron chi connectivity index (χ2n) is 4.05. The SMILES string of the molecule is CC(CC(=O)O)SCCS(=O)(=O)c1ccc(Cl)cc1. The van der Waals surface area contributed by atoms with Crippen LogP contribution < -0.4 is 0 Å². The van der Waals surface area contributed by atoms with Crippen LogP contribution in [-0.4, -0.2) is 36.2 Å². The van der Waals surface area contributed by atoms with E-state index in [9.17, 15) is 13.2 Å². The molecule has 1 unspecified atom stereocenters. The van der Waals surface area contributed by atoms with E-state index in [0.717, 1.165) is 0 Å². The van der Waals surface area contributed by atoms with Gasteiger partial charge in [0.2, 0.25) is 0 Å². The van der Waals surface area contributed by atoms with Crippen molar-refractivity contribution in [2.75, 3.05) is 11.5 Å². The molecule has 1 aromatic rings. The molecule has 0 saturated carbocycles. The maximum atomic E-state index is 12.0. The number of carboxylic acids is 1. The highest BCUT2D eigenvalue weighted by atomic mass is 35.5. The van der Waals surface area contributed by atoms with E-state index >= 15 is 0 Å². The van der Waals surface area contributed by atoms with Crippen LogP contribution in [0.2, 0.25) is 5.02 Å². The third kappa shape index (κ3) is 5.84. The molecule has 0 aliphatic heterocycles. The van der Waals surface area contributed by atoms with Crippen LogP contribution >= 0.6 is 23.4 Å². The molecule has 0 spiro atoms. The minimum absolute atomic E-state index is 0.0107. The lowest BCUT2D eigenvalue weighted by molar-refractivity contribution is -0.136. The number of benzene rings is 1. The molecule has 0 aliphatic rings. The highest BCUT2D eigenvalue weighted by molar-refractivity contribution is 8.01. The number of halogens is 1. The summed E-state index contributed by atoms with van der Waals surface area (Å²) in [5, 5.41) is 8.99. The standard InChI is InChI=1S/C12H15ClO4S2/c1-9(8-12(14)15)18-6-7-19(16,17)11-4-2-10(13)3-5-11/h2-5,9H,6-8H2,1H3,(H,14,15). The minimum Gasteiger partial charge on any atom is -0.481 e. The van der Waals surface area contributed by atoms with Gasteiger partial charge in [-0.1, -0.05) is 18.5 Å². The van der Waals surface area contributed by atoms with Crippen molar-refractivity contribution in [1.82, 2.24) is 0 Å². The summed E-state index contributed by atoms with van der Waals surface area (Å²) in [6, 6.07) is 6.02. The number of hydrogen-bond donors (Lipinski definition) is 1. The fraction of sp³-hybridized carbons (Fsp3) is 0.417. The third-order valence-corrected chi connectivity index (χ3v) is 5.81. The van der Waals surface area contributed by atoms with Crippen LogP contribution in [0.1, 0.15) is 13.3 Å². The number of hydrogen-bond acceptors (Lipinski definition) is 4. The second-order valence-corrected chi connectivity index (χ2v) is 8.14. The average molecular weight is 323 g/mol. The molecular weight excluding hydrogens is 308 g/mol.